The number of carbonyl (C=O) groups excluding carboxylic acids is 1. The van der Waals surface area contributed by atoms with E-state index in [2.05, 4.69) is 11.0 Å². The second-order valence-electron chi connectivity index (χ2n) is 7.10. The van der Waals surface area contributed by atoms with Crippen LogP contribution in [0, 0.1) is 11.8 Å². The normalized spacial score (nSPS) is 29.9. The van der Waals surface area contributed by atoms with Crippen LogP contribution in [0.15, 0.2) is 29.2 Å². The number of nitrogens with zero attached hydrogens (tertiary/aromatic N) is 1. The lowest BCUT2D eigenvalue weighted by molar-refractivity contribution is 0.0777. The van der Waals surface area contributed by atoms with Crippen molar-refractivity contribution in [3.8, 4) is 0 Å². The molecule has 1 aromatic carbocycles. The lowest BCUT2D eigenvalue weighted by atomic mass is 10.0. The predicted octanol–water partition coefficient (Wildman–Crippen LogP) is 3.83. The van der Waals surface area contributed by atoms with Crippen molar-refractivity contribution < 1.29 is 9.53 Å². The molecule has 1 amide bonds. The Labute approximate surface area is 142 Å². The molecule has 0 aromatic heterocycles. The molecule has 0 spiro atoms. The van der Waals surface area contributed by atoms with E-state index in [-0.39, 0.29) is 5.91 Å². The van der Waals surface area contributed by atoms with Crippen molar-refractivity contribution in [2.75, 3.05) is 25.4 Å². The van der Waals surface area contributed by atoms with Crippen LogP contribution in [-0.4, -0.2) is 42.4 Å². The number of fused-ring (bicyclic) bond motifs is 1. The first-order chi connectivity index (χ1) is 11.3. The molecule has 3 aliphatic rings. The average Bonchev–Trinajstić information content (AvgIpc) is 3.29. The molecule has 3 fully saturated rings. The molecule has 2 heterocycles. The monoisotopic (exact) mass is 331 g/mol. The number of thioether (sulfide) groups is 1. The Morgan fingerprint density at radius 2 is 1.91 bits per heavy atom. The summed E-state index contributed by atoms with van der Waals surface area (Å²) in [7, 11) is 0. The average molecular weight is 331 g/mol. The number of rotatable bonds is 4. The number of amides is 1. The summed E-state index contributed by atoms with van der Waals surface area (Å²) in [5, 5.41) is 0. The minimum Gasteiger partial charge on any atom is -0.377 e. The molecule has 1 saturated carbocycles. The number of ether oxygens (including phenoxy) is 1. The molecule has 0 radical (unpaired) electrons. The lowest BCUT2D eigenvalue weighted by Crippen LogP contribution is -2.30. The van der Waals surface area contributed by atoms with E-state index >= 15 is 0 Å². The van der Waals surface area contributed by atoms with Gasteiger partial charge in [0.15, 0.2) is 0 Å². The summed E-state index contributed by atoms with van der Waals surface area (Å²) < 4.78 is 5.71. The Kier molecular flexibility index (Phi) is 4.63. The van der Waals surface area contributed by atoms with Crippen LogP contribution < -0.4 is 0 Å². The first-order valence-electron chi connectivity index (χ1n) is 8.94. The molecular weight excluding hydrogens is 306 g/mol. The highest BCUT2D eigenvalue weighted by atomic mass is 32.2. The summed E-state index contributed by atoms with van der Waals surface area (Å²) >= 11 is 1.78. The van der Waals surface area contributed by atoms with Gasteiger partial charge in [-0.1, -0.05) is 18.6 Å². The van der Waals surface area contributed by atoms with Crippen LogP contribution in [0.4, 0.5) is 0 Å². The molecule has 1 aliphatic carbocycles. The predicted molar refractivity (Wildman–Crippen MR) is 92.9 cm³/mol. The Morgan fingerprint density at radius 3 is 2.65 bits per heavy atom. The maximum atomic E-state index is 13.0. The zero-order chi connectivity index (χ0) is 15.6. The highest BCUT2D eigenvalue weighted by Crippen LogP contribution is 2.38. The SMILES string of the molecule is O=C(c1ccccc1SC[C@@H]1CCCO1)N1C[C@H]2CCC[C@@H]2C1. The van der Waals surface area contributed by atoms with E-state index in [1.807, 2.05) is 18.2 Å². The summed E-state index contributed by atoms with van der Waals surface area (Å²) in [6.07, 6.45) is 6.65. The zero-order valence-electron chi connectivity index (χ0n) is 13.6. The van der Waals surface area contributed by atoms with Gasteiger partial charge in [0.2, 0.25) is 0 Å². The highest BCUT2D eigenvalue weighted by Gasteiger charge is 2.38. The number of hydrogen-bond acceptors (Lipinski definition) is 3. The van der Waals surface area contributed by atoms with Gasteiger partial charge < -0.3 is 9.64 Å². The Hall–Kier alpha value is -1.00. The third-order valence-corrected chi connectivity index (χ3v) is 6.79. The quantitative estimate of drug-likeness (QED) is 0.785. The Balaban J connectivity index is 1.44. The van der Waals surface area contributed by atoms with Crippen LogP contribution in [0.1, 0.15) is 42.5 Å². The van der Waals surface area contributed by atoms with E-state index in [1.54, 1.807) is 11.8 Å². The van der Waals surface area contributed by atoms with E-state index in [1.165, 1.54) is 25.7 Å². The van der Waals surface area contributed by atoms with E-state index in [0.717, 1.165) is 54.2 Å². The van der Waals surface area contributed by atoms with Crippen LogP contribution in [0.2, 0.25) is 0 Å². The summed E-state index contributed by atoms with van der Waals surface area (Å²) in [5.41, 5.74) is 0.885. The summed E-state index contributed by atoms with van der Waals surface area (Å²) in [5.74, 6) is 2.70. The molecule has 4 rings (SSSR count). The van der Waals surface area contributed by atoms with Gasteiger partial charge in [0.1, 0.15) is 0 Å². The first kappa shape index (κ1) is 15.5. The van der Waals surface area contributed by atoms with Crippen molar-refractivity contribution in [1.29, 1.82) is 0 Å². The molecule has 4 heteroatoms. The Bertz CT molecular complexity index is 558. The fourth-order valence-corrected chi connectivity index (χ4v) is 5.41. The van der Waals surface area contributed by atoms with Crippen molar-refractivity contribution in [3.05, 3.63) is 29.8 Å². The Morgan fingerprint density at radius 1 is 1.13 bits per heavy atom. The number of carbonyl (C=O) groups is 1. The van der Waals surface area contributed by atoms with Crippen LogP contribution in [0.3, 0.4) is 0 Å². The molecule has 2 aliphatic heterocycles. The van der Waals surface area contributed by atoms with Crippen molar-refractivity contribution in [1.82, 2.24) is 4.90 Å². The van der Waals surface area contributed by atoms with Gasteiger partial charge >= 0.3 is 0 Å². The second-order valence-corrected chi connectivity index (χ2v) is 8.17. The molecule has 3 nitrogen and oxygen atoms in total. The van der Waals surface area contributed by atoms with Gasteiger partial charge in [-0.2, -0.15) is 0 Å². The van der Waals surface area contributed by atoms with Gasteiger partial charge in [0.25, 0.3) is 5.91 Å². The van der Waals surface area contributed by atoms with Gasteiger partial charge in [-0.05, 0) is 49.7 Å². The van der Waals surface area contributed by atoms with E-state index in [4.69, 9.17) is 4.74 Å². The fourth-order valence-electron chi connectivity index (χ4n) is 4.30. The van der Waals surface area contributed by atoms with Crippen LogP contribution in [0.5, 0.6) is 0 Å². The summed E-state index contributed by atoms with van der Waals surface area (Å²) in [4.78, 5) is 16.2. The van der Waals surface area contributed by atoms with Gasteiger partial charge in [0.05, 0.1) is 11.7 Å². The minimum atomic E-state index is 0.231. The van der Waals surface area contributed by atoms with Crippen molar-refractivity contribution >= 4 is 17.7 Å². The lowest BCUT2D eigenvalue weighted by Gasteiger charge is -2.19. The van der Waals surface area contributed by atoms with Gasteiger partial charge in [-0.15, -0.1) is 11.8 Å². The first-order valence-corrected chi connectivity index (χ1v) is 9.92. The molecule has 124 valence electrons. The minimum absolute atomic E-state index is 0.231. The summed E-state index contributed by atoms with van der Waals surface area (Å²) in [6, 6.07) is 8.10. The smallest absolute Gasteiger partial charge is 0.255 e. The largest absolute Gasteiger partial charge is 0.377 e. The molecule has 3 atom stereocenters. The van der Waals surface area contributed by atoms with E-state index < -0.39 is 0 Å². The molecule has 0 bridgehead atoms. The molecular formula is C19H25NO2S. The van der Waals surface area contributed by atoms with Gasteiger partial charge in [0, 0.05) is 30.3 Å². The van der Waals surface area contributed by atoms with Crippen LogP contribution >= 0.6 is 11.8 Å². The van der Waals surface area contributed by atoms with Crippen molar-refractivity contribution in [2.45, 2.75) is 43.1 Å². The van der Waals surface area contributed by atoms with Gasteiger partial charge in [-0.25, -0.2) is 0 Å². The number of hydrogen-bond donors (Lipinski definition) is 0. The molecule has 23 heavy (non-hydrogen) atoms. The maximum absolute atomic E-state index is 13.0. The van der Waals surface area contributed by atoms with Gasteiger partial charge in [-0.3, -0.25) is 4.79 Å². The zero-order valence-corrected chi connectivity index (χ0v) is 14.4. The fraction of sp³-hybridized carbons (Fsp3) is 0.632. The summed E-state index contributed by atoms with van der Waals surface area (Å²) in [6.45, 7) is 2.82. The molecule has 0 unspecified atom stereocenters. The third kappa shape index (κ3) is 3.29. The third-order valence-electron chi connectivity index (χ3n) is 5.58. The molecule has 0 N–H and O–H groups in total. The van der Waals surface area contributed by atoms with Crippen LogP contribution in [0.25, 0.3) is 0 Å². The maximum Gasteiger partial charge on any atom is 0.255 e. The van der Waals surface area contributed by atoms with Crippen molar-refractivity contribution in [2.24, 2.45) is 11.8 Å². The second kappa shape index (κ2) is 6.86. The van der Waals surface area contributed by atoms with E-state index in [9.17, 15) is 4.79 Å². The molecule has 1 aromatic rings. The van der Waals surface area contributed by atoms with Crippen LogP contribution in [-0.2, 0) is 4.74 Å². The highest BCUT2D eigenvalue weighted by molar-refractivity contribution is 7.99. The van der Waals surface area contributed by atoms with Crippen molar-refractivity contribution in [3.63, 3.8) is 0 Å². The van der Waals surface area contributed by atoms with E-state index in [0.29, 0.717) is 6.10 Å². The topological polar surface area (TPSA) is 29.5 Å². The standard InChI is InChI=1S/C19H25NO2S/c21-19(20-11-14-5-3-6-15(14)12-20)17-8-1-2-9-18(17)23-13-16-7-4-10-22-16/h1-2,8-9,14-16H,3-7,10-13H2/t14-,15-,16+/m1/s1. The molecule has 2 saturated heterocycles. The number of likely N-dealkylation sites (tertiary alicyclic amines) is 1. The number of benzene rings is 1.